The van der Waals surface area contributed by atoms with Gasteiger partial charge in [0.25, 0.3) is 0 Å². The van der Waals surface area contributed by atoms with Gasteiger partial charge in [0.2, 0.25) is 0 Å². The molecule has 1 aromatic heterocycles. The van der Waals surface area contributed by atoms with E-state index in [0.29, 0.717) is 29.0 Å². The molecule has 156 valence electrons. The summed E-state index contributed by atoms with van der Waals surface area (Å²) >= 11 is 5.81. The number of ether oxygens (including phenoxy) is 2. The Balaban J connectivity index is 1.95. The predicted molar refractivity (Wildman–Crippen MR) is 116 cm³/mol. The molecular formula is C22H22ClFN4O2. The first-order valence-electron chi connectivity index (χ1n) is 9.33. The van der Waals surface area contributed by atoms with E-state index >= 15 is 0 Å². The van der Waals surface area contributed by atoms with Crippen LogP contribution < -0.4 is 14.8 Å². The maximum Gasteiger partial charge on any atom is 0.163 e. The Kier molecular flexibility index (Phi) is 6.93. The Bertz CT molecular complexity index is 1100. The van der Waals surface area contributed by atoms with E-state index in [0.717, 1.165) is 13.0 Å². The van der Waals surface area contributed by atoms with Gasteiger partial charge in [0, 0.05) is 23.0 Å². The van der Waals surface area contributed by atoms with Crippen molar-refractivity contribution in [3.63, 3.8) is 0 Å². The fourth-order valence-corrected chi connectivity index (χ4v) is 3.07. The molecular weight excluding hydrogens is 407 g/mol. The Morgan fingerprint density at radius 2 is 2.00 bits per heavy atom. The zero-order valence-electron chi connectivity index (χ0n) is 17.0. The lowest BCUT2D eigenvalue weighted by atomic mass is 10.1. The van der Waals surface area contributed by atoms with Gasteiger partial charge in [0.05, 0.1) is 30.5 Å². The fourth-order valence-electron chi connectivity index (χ4n) is 2.92. The first-order valence-corrected chi connectivity index (χ1v) is 9.71. The van der Waals surface area contributed by atoms with Gasteiger partial charge < -0.3 is 19.7 Å². The molecule has 1 N–H and O–H groups in total. The summed E-state index contributed by atoms with van der Waals surface area (Å²) in [6, 6.07) is 11.6. The van der Waals surface area contributed by atoms with Crippen LogP contribution in [0.3, 0.4) is 0 Å². The summed E-state index contributed by atoms with van der Waals surface area (Å²) in [5.41, 5.74) is 1.05. The first kappa shape index (κ1) is 21.6. The molecule has 0 atom stereocenters. The van der Waals surface area contributed by atoms with E-state index in [-0.39, 0.29) is 22.1 Å². The van der Waals surface area contributed by atoms with Crippen molar-refractivity contribution in [1.29, 1.82) is 5.26 Å². The number of aromatic nitrogens is 1. The number of fused-ring (bicyclic) bond motifs is 1. The topological polar surface area (TPSA) is 70.4 Å². The van der Waals surface area contributed by atoms with Crippen molar-refractivity contribution in [3.8, 4) is 17.6 Å². The van der Waals surface area contributed by atoms with Gasteiger partial charge in [-0.25, -0.2) is 9.37 Å². The molecule has 1 heterocycles. The van der Waals surface area contributed by atoms with Gasteiger partial charge in [-0.05, 0) is 50.8 Å². The van der Waals surface area contributed by atoms with Crippen LogP contribution in [0.2, 0.25) is 5.02 Å². The van der Waals surface area contributed by atoms with E-state index in [1.54, 1.807) is 31.4 Å². The van der Waals surface area contributed by atoms with Crippen LogP contribution in [0.4, 0.5) is 15.9 Å². The number of benzene rings is 2. The van der Waals surface area contributed by atoms with E-state index in [2.05, 4.69) is 21.3 Å². The van der Waals surface area contributed by atoms with Crippen molar-refractivity contribution < 1.29 is 13.9 Å². The summed E-state index contributed by atoms with van der Waals surface area (Å²) in [5, 5.41) is 13.4. The highest BCUT2D eigenvalue weighted by Gasteiger charge is 2.14. The van der Waals surface area contributed by atoms with Gasteiger partial charge in [0.15, 0.2) is 11.5 Å². The number of nitrogens with one attached hydrogen (secondary N) is 1. The Hall–Kier alpha value is -3.08. The zero-order valence-corrected chi connectivity index (χ0v) is 17.8. The lowest BCUT2D eigenvalue weighted by molar-refractivity contribution is 0.268. The lowest BCUT2D eigenvalue weighted by Crippen LogP contribution is -2.15. The summed E-state index contributed by atoms with van der Waals surface area (Å²) in [4.78, 5) is 6.60. The Morgan fingerprint density at radius 3 is 2.67 bits per heavy atom. The second-order valence-electron chi connectivity index (χ2n) is 6.95. The monoisotopic (exact) mass is 428 g/mol. The van der Waals surface area contributed by atoms with E-state index in [4.69, 9.17) is 21.1 Å². The summed E-state index contributed by atoms with van der Waals surface area (Å²) in [7, 11) is 5.57. The number of rotatable bonds is 8. The molecule has 0 spiro atoms. The quantitative estimate of drug-likeness (QED) is 0.510. The molecule has 0 bridgehead atoms. The second-order valence-corrected chi connectivity index (χ2v) is 7.38. The highest BCUT2D eigenvalue weighted by atomic mass is 35.5. The highest BCUT2D eigenvalue weighted by molar-refractivity contribution is 6.30. The number of halogens is 2. The standard InChI is InChI=1S/C22H22ClFN4O2/c1-28(2)7-4-8-30-21-12-19-14(10-20(21)29-3)9-15(13-25)22(27-19)26-18-6-5-16(23)11-17(18)24/h5-6,9-12H,4,7-8H2,1-3H3,(H,26,27). The Morgan fingerprint density at radius 1 is 1.20 bits per heavy atom. The lowest BCUT2D eigenvalue weighted by Gasteiger charge is -2.15. The van der Waals surface area contributed by atoms with E-state index < -0.39 is 5.82 Å². The van der Waals surface area contributed by atoms with Crippen LogP contribution in [-0.2, 0) is 0 Å². The van der Waals surface area contributed by atoms with Crippen LogP contribution in [0, 0.1) is 17.1 Å². The van der Waals surface area contributed by atoms with E-state index in [1.165, 1.54) is 12.1 Å². The van der Waals surface area contributed by atoms with E-state index in [1.807, 2.05) is 14.1 Å². The smallest absolute Gasteiger partial charge is 0.163 e. The summed E-state index contributed by atoms with van der Waals surface area (Å²) in [6.07, 6.45) is 0.859. The van der Waals surface area contributed by atoms with Crippen molar-refractivity contribution in [2.45, 2.75) is 6.42 Å². The number of nitriles is 1. The number of pyridine rings is 1. The SMILES string of the molecule is COc1cc2cc(C#N)c(Nc3ccc(Cl)cc3F)nc2cc1OCCCN(C)C. The fraction of sp³-hybridized carbons (Fsp3) is 0.273. The van der Waals surface area contributed by atoms with Crippen LogP contribution in [0.1, 0.15) is 12.0 Å². The third kappa shape index (κ3) is 5.09. The molecule has 30 heavy (non-hydrogen) atoms. The molecule has 0 saturated heterocycles. The van der Waals surface area contributed by atoms with Crippen LogP contribution in [0.15, 0.2) is 36.4 Å². The van der Waals surface area contributed by atoms with Gasteiger partial charge in [0.1, 0.15) is 17.7 Å². The first-order chi connectivity index (χ1) is 14.4. The normalized spacial score (nSPS) is 10.8. The van der Waals surface area contributed by atoms with Gasteiger partial charge in [-0.15, -0.1) is 0 Å². The predicted octanol–water partition coefficient (Wildman–Crippen LogP) is 4.98. The van der Waals surface area contributed by atoms with Crippen molar-refractivity contribution in [2.75, 3.05) is 39.7 Å². The average Bonchev–Trinajstić information content (AvgIpc) is 2.72. The molecule has 2 aromatic carbocycles. The largest absolute Gasteiger partial charge is 0.493 e. The van der Waals surface area contributed by atoms with Gasteiger partial charge in [-0.1, -0.05) is 11.6 Å². The van der Waals surface area contributed by atoms with Crippen LogP contribution in [0.25, 0.3) is 10.9 Å². The number of methoxy groups -OCH3 is 1. The van der Waals surface area contributed by atoms with Crippen molar-refractivity contribution in [2.24, 2.45) is 0 Å². The molecule has 0 amide bonds. The van der Waals surface area contributed by atoms with Crippen molar-refractivity contribution >= 4 is 34.0 Å². The highest BCUT2D eigenvalue weighted by Crippen LogP contribution is 2.34. The third-order valence-electron chi connectivity index (χ3n) is 4.41. The molecule has 3 rings (SSSR count). The summed E-state index contributed by atoms with van der Waals surface area (Å²) in [5.74, 6) is 0.829. The zero-order chi connectivity index (χ0) is 21.7. The summed E-state index contributed by atoms with van der Waals surface area (Å²) in [6.45, 7) is 1.43. The molecule has 0 aliphatic rings. The molecule has 0 aliphatic heterocycles. The maximum atomic E-state index is 14.2. The van der Waals surface area contributed by atoms with Gasteiger partial charge in [-0.3, -0.25) is 0 Å². The molecule has 6 nitrogen and oxygen atoms in total. The molecule has 0 fully saturated rings. The second kappa shape index (κ2) is 9.61. The molecule has 0 saturated carbocycles. The van der Waals surface area contributed by atoms with Crippen LogP contribution in [-0.4, -0.2) is 44.2 Å². The molecule has 0 unspecified atom stereocenters. The average molecular weight is 429 g/mol. The molecule has 3 aromatic rings. The minimum absolute atomic E-state index is 0.177. The molecule has 8 heteroatoms. The van der Waals surface area contributed by atoms with Crippen molar-refractivity contribution in [3.05, 3.63) is 52.8 Å². The van der Waals surface area contributed by atoms with Crippen molar-refractivity contribution in [1.82, 2.24) is 9.88 Å². The van der Waals surface area contributed by atoms with E-state index in [9.17, 15) is 9.65 Å². The number of hydrogen-bond donors (Lipinski definition) is 1. The third-order valence-corrected chi connectivity index (χ3v) is 4.65. The van der Waals surface area contributed by atoms with Gasteiger partial charge in [-0.2, -0.15) is 5.26 Å². The number of anilines is 2. The number of nitrogens with zero attached hydrogens (tertiary/aromatic N) is 3. The Labute approximate surface area is 179 Å². The van der Waals surface area contributed by atoms with Crippen LogP contribution in [0.5, 0.6) is 11.5 Å². The molecule has 0 radical (unpaired) electrons. The minimum atomic E-state index is -0.534. The molecule has 0 aliphatic carbocycles. The van der Waals surface area contributed by atoms with Crippen LogP contribution >= 0.6 is 11.6 Å². The van der Waals surface area contributed by atoms with Gasteiger partial charge >= 0.3 is 0 Å². The minimum Gasteiger partial charge on any atom is -0.493 e. The summed E-state index contributed by atoms with van der Waals surface area (Å²) < 4.78 is 25.5. The number of hydrogen-bond acceptors (Lipinski definition) is 6. The maximum absolute atomic E-state index is 14.2.